The summed E-state index contributed by atoms with van der Waals surface area (Å²) in [5.41, 5.74) is 0.752. The minimum absolute atomic E-state index is 0.0451. The summed E-state index contributed by atoms with van der Waals surface area (Å²) in [5.74, 6) is -1.25. The highest BCUT2D eigenvalue weighted by Gasteiger charge is 2.13. The Hall–Kier alpha value is -1.73. The Morgan fingerprint density at radius 3 is 2.53 bits per heavy atom. The van der Waals surface area contributed by atoms with Gasteiger partial charge in [0.25, 0.3) is 0 Å². The van der Waals surface area contributed by atoms with E-state index in [2.05, 4.69) is 0 Å². The van der Waals surface area contributed by atoms with Crippen molar-refractivity contribution in [3.8, 4) is 11.8 Å². The van der Waals surface area contributed by atoms with Crippen molar-refractivity contribution < 1.29 is 15.0 Å². The second-order valence-corrected chi connectivity index (χ2v) is 3.19. The number of aliphatic carboxylic acids is 1. The van der Waals surface area contributed by atoms with Gasteiger partial charge in [0.1, 0.15) is 11.8 Å². The first-order valence-corrected chi connectivity index (χ1v) is 4.65. The molecule has 0 aliphatic rings. The highest BCUT2D eigenvalue weighted by molar-refractivity contribution is 6.17. The van der Waals surface area contributed by atoms with Gasteiger partial charge in [-0.2, -0.15) is 5.26 Å². The fraction of sp³-hybridized carbons (Fsp3) is 0.200. The summed E-state index contributed by atoms with van der Waals surface area (Å²) in [7, 11) is 0. The topological polar surface area (TPSA) is 81.3 Å². The summed E-state index contributed by atoms with van der Waals surface area (Å²) >= 11 is 5.56. The van der Waals surface area contributed by atoms with E-state index in [1.54, 1.807) is 12.1 Å². The van der Waals surface area contributed by atoms with Crippen molar-refractivity contribution in [2.75, 3.05) is 0 Å². The SMILES string of the molecule is N#Cc1c(CCl)ccc(CC(=O)O)c1O. The third-order valence-corrected chi connectivity index (χ3v) is 2.23. The monoisotopic (exact) mass is 225 g/mol. The van der Waals surface area contributed by atoms with Gasteiger partial charge in [0.15, 0.2) is 0 Å². The summed E-state index contributed by atoms with van der Waals surface area (Å²) in [6.07, 6.45) is -0.316. The maximum Gasteiger partial charge on any atom is 0.307 e. The van der Waals surface area contributed by atoms with Crippen molar-refractivity contribution in [3.63, 3.8) is 0 Å². The largest absolute Gasteiger partial charge is 0.506 e. The first-order valence-electron chi connectivity index (χ1n) is 4.11. The number of alkyl halides is 1. The van der Waals surface area contributed by atoms with Crippen LogP contribution in [0.1, 0.15) is 16.7 Å². The fourth-order valence-electron chi connectivity index (χ4n) is 1.22. The molecule has 0 radical (unpaired) electrons. The predicted molar refractivity (Wildman–Crippen MR) is 53.7 cm³/mol. The van der Waals surface area contributed by atoms with E-state index in [0.29, 0.717) is 5.56 Å². The molecule has 1 aromatic carbocycles. The van der Waals surface area contributed by atoms with E-state index in [1.165, 1.54) is 6.07 Å². The third kappa shape index (κ3) is 2.39. The van der Waals surface area contributed by atoms with Crippen LogP contribution in [0.2, 0.25) is 0 Å². The van der Waals surface area contributed by atoms with E-state index in [0.717, 1.165) is 0 Å². The van der Waals surface area contributed by atoms with Gasteiger partial charge in [-0.25, -0.2) is 0 Å². The van der Waals surface area contributed by atoms with Gasteiger partial charge in [0.2, 0.25) is 0 Å². The highest BCUT2D eigenvalue weighted by atomic mass is 35.5. The number of rotatable bonds is 3. The normalized spacial score (nSPS) is 9.60. The third-order valence-electron chi connectivity index (χ3n) is 1.95. The summed E-state index contributed by atoms with van der Waals surface area (Å²) in [6.45, 7) is 0. The molecular weight excluding hydrogens is 218 g/mol. The minimum atomic E-state index is -1.06. The molecule has 0 atom stereocenters. The van der Waals surface area contributed by atoms with Crippen LogP contribution in [-0.4, -0.2) is 16.2 Å². The van der Waals surface area contributed by atoms with Crippen LogP contribution < -0.4 is 0 Å². The minimum Gasteiger partial charge on any atom is -0.506 e. The number of halogens is 1. The molecule has 0 heterocycles. The molecule has 5 heteroatoms. The molecule has 0 fully saturated rings. The number of hydrogen-bond donors (Lipinski definition) is 2. The summed E-state index contributed by atoms with van der Waals surface area (Å²) in [4.78, 5) is 10.5. The van der Waals surface area contributed by atoms with Crippen LogP contribution in [0.25, 0.3) is 0 Å². The molecule has 0 aliphatic heterocycles. The van der Waals surface area contributed by atoms with E-state index in [4.69, 9.17) is 22.0 Å². The second-order valence-electron chi connectivity index (χ2n) is 2.92. The number of carbonyl (C=O) groups is 1. The number of phenolic OH excluding ortho intramolecular Hbond substituents is 1. The number of hydrogen-bond acceptors (Lipinski definition) is 3. The molecule has 78 valence electrons. The number of phenols is 1. The van der Waals surface area contributed by atoms with Crippen LogP contribution in [0.5, 0.6) is 5.75 Å². The number of benzene rings is 1. The van der Waals surface area contributed by atoms with Gasteiger partial charge in [0.05, 0.1) is 12.0 Å². The quantitative estimate of drug-likeness (QED) is 0.766. The van der Waals surface area contributed by atoms with Gasteiger partial charge in [0, 0.05) is 11.4 Å². The zero-order chi connectivity index (χ0) is 11.4. The lowest BCUT2D eigenvalue weighted by atomic mass is 10.0. The molecule has 0 aromatic heterocycles. The van der Waals surface area contributed by atoms with Crippen LogP contribution in [0.3, 0.4) is 0 Å². The van der Waals surface area contributed by atoms with Gasteiger partial charge in [-0.3, -0.25) is 4.79 Å². The molecule has 0 saturated heterocycles. The smallest absolute Gasteiger partial charge is 0.307 e. The number of carboxylic acid groups (broad SMARTS) is 1. The van der Waals surface area contributed by atoms with E-state index < -0.39 is 5.97 Å². The molecular formula is C10H8ClNO3. The summed E-state index contributed by atoms with van der Waals surface area (Å²) in [5, 5.41) is 26.9. The average Bonchev–Trinajstić information content (AvgIpc) is 2.20. The Labute approximate surface area is 91.3 Å². The van der Waals surface area contributed by atoms with Gasteiger partial charge >= 0.3 is 5.97 Å². The first-order chi connectivity index (χ1) is 7.10. The van der Waals surface area contributed by atoms with Gasteiger partial charge in [-0.05, 0) is 5.56 Å². The van der Waals surface area contributed by atoms with Crippen molar-refractivity contribution in [2.45, 2.75) is 12.3 Å². The Morgan fingerprint density at radius 2 is 2.07 bits per heavy atom. The lowest BCUT2D eigenvalue weighted by molar-refractivity contribution is -0.136. The van der Waals surface area contributed by atoms with Gasteiger partial charge in [-0.15, -0.1) is 11.6 Å². The number of aromatic hydroxyl groups is 1. The van der Waals surface area contributed by atoms with Gasteiger partial charge in [-0.1, -0.05) is 12.1 Å². The number of carboxylic acids is 1. The molecule has 0 bridgehead atoms. The van der Waals surface area contributed by atoms with E-state index in [-0.39, 0.29) is 29.2 Å². The second kappa shape index (κ2) is 4.67. The lowest BCUT2D eigenvalue weighted by Crippen LogP contribution is -2.02. The molecule has 0 saturated carbocycles. The van der Waals surface area contributed by atoms with E-state index in [1.807, 2.05) is 0 Å². The molecule has 15 heavy (non-hydrogen) atoms. The summed E-state index contributed by atoms with van der Waals surface area (Å²) in [6, 6.07) is 4.81. The Kier molecular flexibility index (Phi) is 3.53. The molecule has 0 amide bonds. The lowest BCUT2D eigenvalue weighted by Gasteiger charge is -2.06. The number of nitrogens with zero attached hydrogens (tertiary/aromatic N) is 1. The van der Waals surface area contributed by atoms with E-state index >= 15 is 0 Å². The molecule has 0 aliphatic carbocycles. The van der Waals surface area contributed by atoms with Crippen molar-refractivity contribution in [2.24, 2.45) is 0 Å². The first kappa shape index (κ1) is 11.3. The zero-order valence-corrected chi connectivity index (χ0v) is 8.45. The van der Waals surface area contributed by atoms with Crippen LogP contribution in [-0.2, 0) is 17.1 Å². The molecule has 0 spiro atoms. The van der Waals surface area contributed by atoms with Crippen molar-refractivity contribution in [3.05, 3.63) is 28.8 Å². The Bertz CT molecular complexity index is 437. The average molecular weight is 226 g/mol. The molecule has 1 rings (SSSR count). The van der Waals surface area contributed by atoms with Crippen LogP contribution in [0.4, 0.5) is 0 Å². The maximum absolute atomic E-state index is 10.5. The number of nitriles is 1. The van der Waals surface area contributed by atoms with Crippen molar-refractivity contribution in [1.82, 2.24) is 0 Å². The zero-order valence-electron chi connectivity index (χ0n) is 7.70. The van der Waals surface area contributed by atoms with Crippen LogP contribution >= 0.6 is 11.6 Å². The molecule has 2 N–H and O–H groups in total. The maximum atomic E-state index is 10.5. The molecule has 1 aromatic rings. The van der Waals surface area contributed by atoms with Crippen LogP contribution in [0, 0.1) is 11.3 Å². The highest BCUT2D eigenvalue weighted by Crippen LogP contribution is 2.26. The Balaban J connectivity index is 3.24. The molecule has 0 unspecified atom stereocenters. The standard InChI is InChI=1S/C10H8ClNO3/c11-4-7-2-1-6(3-9(13)14)10(15)8(7)5-12/h1-2,15H,3-4H2,(H,13,14). The predicted octanol–water partition coefficient (Wildman–Crippen LogP) is 1.63. The fourth-order valence-corrected chi connectivity index (χ4v) is 1.44. The van der Waals surface area contributed by atoms with Gasteiger partial charge < -0.3 is 10.2 Å². The molecule has 4 nitrogen and oxygen atoms in total. The Morgan fingerprint density at radius 1 is 1.47 bits per heavy atom. The van der Waals surface area contributed by atoms with Crippen molar-refractivity contribution in [1.29, 1.82) is 5.26 Å². The van der Waals surface area contributed by atoms with E-state index in [9.17, 15) is 9.90 Å². The van der Waals surface area contributed by atoms with Crippen LogP contribution in [0.15, 0.2) is 12.1 Å². The van der Waals surface area contributed by atoms with Crippen molar-refractivity contribution >= 4 is 17.6 Å². The summed E-state index contributed by atoms with van der Waals surface area (Å²) < 4.78 is 0.